The summed E-state index contributed by atoms with van der Waals surface area (Å²) in [6.07, 6.45) is -22.4. The van der Waals surface area contributed by atoms with Crippen LogP contribution >= 0.6 is 0 Å². The zero-order valence-electron chi connectivity index (χ0n) is 41.2. The normalized spacial score (nSPS) is 32.0. The molecule has 422 valence electrons. The lowest BCUT2D eigenvalue weighted by Crippen LogP contribution is -2.57. The lowest BCUT2D eigenvalue weighted by molar-refractivity contribution is -0.292. The standard InChI is InChI=1S/C44H72N6O24/c1-20-31(57)34(60)37(63)42(71-20)68-17-14-45-25(51)10-8-23(40(66)46-15-18-69-43-38(64)35(61)32(58)21(2)72-43)49-27(53)11-9-24(41(67)47-16-19-70-44-39(65)36(62)33(59)22(3)73-44)48-26(52)6-4-5-7-30(56)74-50-28(54)12-13-29(50)55/h20-24,31-39,42-44,57-65H,4-19H2,1-3H3,(H,45,51)(H,46,66)(H,47,67)(H,48,52)(H,49,53)/t20-,21-,22-,23-,24-,31+,32+,33+,34+,35+,36+,37-,38-,39-,42+,43+,44+/m0/s1. The molecule has 30 heteroatoms. The fraction of sp³-hybridized carbons (Fsp3) is 0.818. The monoisotopic (exact) mass is 1070 g/mol. The second kappa shape index (κ2) is 30.2. The maximum absolute atomic E-state index is 13.5. The smallest absolute Gasteiger partial charge is 0.333 e. The molecule has 4 fully saturated rings. The van der Waals surface area contributed by atoms with E-state index in [1.165, 1.54) is 20.8 Å². The highest BCUT2D eigenvalue weighted by atomic mass is 16.7. The van der Waals surface area contributed by atoms with Gasteiger partial charge in [0, 0.05) is 58.2 Å². The van der Waals surface area contributed by atoms with Crippen LogP contribution in [-0.2, 0) is 71.6 Å². The van der Waals surface area contributed by atoms with E-state index in [1.807, 2.05) is 0 Å². The highest BCUT2D eigenvalue weighted by molar-refractivity contribution is 6.01. The Morgan fingerprint density at radius 1 is 0.500 bits per heavy atom. The number of aliphatic hydroxyl groups excluding tert-OH is 9. The van der Waals surface area contributed by atoms with Crippen molar-refractivity contribution in [3.05, 3.63) is 0 Å². The number of ether oxygens (including phenoxy) is 6. The van der Waals surface area contributed by atoms with Gasteiger partial charge in [-0.3, -0.25) is 33.6 Å². The molecule has 0 radical (unpaired) electrons. The summed E-state index contributed by atoms with van der Waals surface area (Å²) in [7, 11) is 0. The number of rotatable bonds is 28. The van der Waals surface area contributed by atoms with E-state index in [0.29, 0.717) is 5.06 Å². The topological polar surface area (TPSA) is 447 Å². The average molecular weight is 1070 g/mol. The van der Waals surface area contributed by atoms with Gasteiger partial charge >= 0.3 is 5.97 Å². The first-order valence-corrected chi connectivity index (χ1v) is 24.4. The van der Waals surface area contributed by atoms with Crippen molar-refractivity contribution in [2.24, 2.45) is 0 Å². The van der Waals surface area contributed by atoms with Gasteiger partial charge in [-0.25, -0.2) is 4.79 Å². The van der Waals surface area contributed by atoms with Gasteiger partial charge in [-0.05, 0) is 46.5 Å². The molecule has 74 heavy (non-hydrogen) atoms. The lowest BCUT2D eigenvalue weighted by Gasteiger charge is -2.38. The van der Waals surface area contributed by atoms with Crippen LogP contribution in [0.1, 0.15) is 85.0 Å². The Kier molecular flexibility index (Phi) is 25.3. The van der Waals surface area contributed by atoms with E-state index < -0.39 is 158 Å². The molecule has 0 aromatic rings. The van der Waals surface area contributed by atoms with Crippen LogP contribution in [0.3, 0.4) is 0 Å². The number of nitrogens with one attached hydrogen (secondary N) is 5. The van der Waals surface area contributed by atoms with Gasteiger partial charge in [-0.1, -0.05) is 0 Å². The van der Waals surface area contributed by atoms with Crippen LogP contribution < -0.4 is 26.6 Å². The average Bonchev–Trinajstić information content (AvgIpc) is 3.68. The molecule has 4 heterocycles. The molecule has 7 amide bonds. The predicted molar refractivity (Wildman–Crippen MR) is 242 cm³/mol. The zero-order chi connectivity index (χ0) is 54.8. The third-order valence-electron chi connectivity index (χ3n) is 12.4. The van der Waals surface area contributed by atoms with E-state index >= 15 is 0 Å². The molecule has 4 aliphatic rings. The van der Waals surface area contributed by atoms with Crippen LogP contribution in [0.5, 0.6) is 0 Å². The van der Waals surface area contributed by atoms with E-state index in [4.69, 9.17) is 33.3 Å². The number of hydrogen-bond donors (Lipinski definition) is 14. The summed E-state index contributed by atoms with van der Waals surface area (Å²) in [6, 6.07) is -2.79. The van der Waals surface area contributed by atoms with Crippen molar-refractivity contribution in [2.75, 3.05) is 39.5 Å². The predicted octanol–water partition coefficient (Wildman–Crippen LogP) is -7.44. The Morgan fingerprint density at radius 3 is 1.26 bits per heavy atom. The zero-order valence-corrected chi connectivity index (χ0v) is 41.2. The molecule has 0 aliphatic carbocycles. The molecule has 4 rings (SSSR count). The van der Waals surface area contributed by atoms with Crippen LogP contribution in [0, 0.1) is 0 Å². The van der Waals surface area contributed by atoms with Crippen LogP contribution in [0.15, 0.2) is 0 Å². The van der Waals surface area contributed by atoms with Gasteiger partial charge in [0.15, 0.2) is 18.9 Å². The van der Waals surface area contributed by atoms with Crippen molar-refractivity contribution < 1.29 is 118 Å². The van der Waals surface area contributed by atoms with E-state index in [9.17, 15) is 84.3 Å². The number of carbonyl (C=O) groups is 8. The SMILES string of the molecule is C[C@@H]1O[C@@H](OCCNC(=O)CC[C@H](NC(=O)CC[C@H](NC(=O)CCCCC(=O)ON2C(=O)CCC2=O)C(=O)NCCO[C@@H]2O[C@@H](C)[C@@H](O)[C@@H](O)[C@@H]2O)C(=O)NCCO[C@@H]2O[C@@H](C)[C@@H](O)[C@@H](O)[C@@H]2O)[C@@H](O)[C@H](O)[C@@H]1O. The highest BCUT2D eigenvalue weighted by Crippen LogP contribution is 2.24. The van der Waals surface area contributed by atoms with Crippen LogP contribution in [0.2, 0.25) is 0 Å². The third-order valence-corrected chi connectivity index (χ3v) is 12.4. The first kappa shape index (κ1) is 61.9. The van der Waals surface area contributed by atoms with Crippen LogP contribution in [0.25, 0.3) is 0 Å². The Labute approximate surface area is 424 Å². The van der Waals surface area contributed by atoms with Gasteiger partial charge in [-0.15, -0.1) is 5.06 Å². The maximum atomic E-state index is 13.5. The molecule has 0 aromatic heterocycles. The minimum absolute atomic E-state index is 0.0817. The molecule has 0 spiro atoms. The van der Waals surface area contributed by atoms with E-state index in [1.54, 1.807) is 0 Å². The summed E-state index contributed by atoms with van der Waals surface area (Å²) < 4.78 is 32.5. The second-order valence-electron chi connectivity index (χ2n) is 18.2. The highest BCUT2D eigenvalue weighted by Gasteiger charge is 2.45. The van der Waals surface area contributed by atoms with Crippen molar-refractivity contribution in [2.45, 2.75) is 189 Å². The molecule has 0 aromatic carbocycles. The van der Waals surface area contributed by atoms with Gasteiger partial charge < -0.3 is 106 Å². The number of carbonyl (C=O) groups excluding carboxylic acids is 8. The molecule has 30 nitrogen and oxygen atoms in total. The summed E-state index contributed by atoms with van der Waals surface area (Å²) in [5.41, 5.74) is 0. The van der Waals surface area contributed by atoms with E-state index in [-0.39, 0.29) is 97.2 Å². The number of amides is 7. The van der Waals surface area contributed by atoms with Crippen molar-refractivity contribution >= 4 is 47.3 Å². The summed E-state index contributed by atoms with van der Waals surface area (Å²) in [5, 5.41) is 104. The first-order valence-electron chi connectivity index (χ1n) is 24.4. The Morgan fingerprint density at radius 2 is 0.851 bits per heavy atom. The van der Waals surface area contributed by atoms with Crippen molar-refractivity contribution in [3.8, 4) is 0 Å². The van der Waals surface area contributed by atoms with Crippen molar-refractivity contribution in [1.29, 1.82) is 0 Å². The van der Waals surface area contributed by atoms with Crippen LogP contribution in [-0.4, -0.2) is 242 Å². The molecule has 0 bridgehead atoms. The fourth-order valence-electron chi connectivity index (χ4n) is 7.83. The maximum Gasteiger partial charge on any atom is 0.333 e. The van der Waals surface area contributed by atoms with Gasteiger partial charge in [0.05, 0.1) is 38.1 Å². The van der Waals surface area contributed by atoms with E-state index in [0.717, 1.165) is 0 Å². The summed E-state index contributed by atoms with van der Waals surface area (Å²) >= 11 is 0. The second-order valence-corrected chi connectivity index (χ2v) is 18.2. The van der Waals surface area contributed by atoms with Gasteiger partial charge in [0.2, 0.25) is 29.5 Å². The Hall–Kier alpha value is -4.64. The van der Waals surface area contributed by atoms with Crippen molar-refractivity contribution in [3.63, 3.8) is 0 Å². The third kappa shape index (κ3) is 18.6. The summed E-state index contributed by atoms with van der Waals surface area (Å²) in [4.78, 5) is 107. The lowest BCUT2D eigenvalue weighted by atomic mass is 10.0. The molecular formula is C44H72N6O24. The van der Waals surface area contributed by atoms with Gasteiger partial charge in [0.1, 0.15) is 67.0 Å². The van der Waals surface area contributed by atoms with Crippen molar-refractivity contribution in [1.82, 2.24) is 31.6 Å². The fourth-order valence-corrected chi connectivity index (χ4v) is 7.83. The number of aliphatic hydroxyl groups is 9. The molecule has 4 aliphatic heterocycles. The first-order chi connectivity index (χ1) is 35.0. The quantitative estimate of drug-likeness (QED) is 0.0256. The van der Waals surface area contributed by atoms with E-state index in [2.05, 4.69) is 26.6 Å². The Bertz CT molecular complexity index is 1870. The summed E-state index contributed by atoms with van der Waals surface area (Å²) in [6.45, 7) is 2.96. The number of nitrogens with zero attached hydrogens (tertiary/aromatic N) is 1. The van der Waals surface area contributed by atoms with Gasteiger partial charge in [0.25, 0.3) is 11.8 Å². The molecule has 0 unspecified atom stereocenters. The minimum atomic E-state index is -1.63. The van der Waals surface area contributed by atoms with Crippen LogP contribution in [0.4, 0.5) is 0 Å². The largest absolute Gasteiger partial charge is 0.388 e. The summed E-state index contributed by atoms with van der Waals surface area (Å²) in [5.74, 6) is -5.93. The molecular weight excluding hydrogens is 997 g/mol. The molecule has 0 saturated carbocycles. The number of unbranched alkanes of at least 4 members (excludes halogenated alkanes) is 1. The van der Waals surface area contributed by atoms with Gasteiger partial charge in [-0.2, -0.15) is 0 Å². The molecule has 17 atom stereocenters. The Balaban J connectivity index is 1.34. The number of hydrogen-bond acceptors (Lipinski definition) is 24. The number of imide groups is 1. The molecule has 4 saturated heterocycles. The molecule has 14 N–H and O–H groups in total. The number of hydroxylamine groups is 2. The minimum Gasteiger partial charge on any atom is -0.388 e.